The van der Waals surface area contributed by atoms with Crippen molar-refractivity contribution in [1.82, 2.24) is 0 Å². The van der Waals surface area contributed by atoms with Crippen molar-refractivity contribution < 1.29 is 178 Å². The van der Waals surface area contributed by atoms with Gasteiger partial charge in [0.1, 0.15) is 103 Å². The largest absolute Gasteiger partial charge is 0.573 e. The fourth-order valence-corrected chi connectivity index (χ4v) is 15.5. The molecule has 18 rings (SSSR count). The van der Waals surface area contributed by atoms with Crippen molar-refractivity contribution in [3.8, 4) is 101 Å². The van der Waals surface area contributed by atoms with Gasteiger partial charge >= 0.3 is 37.2 Å². The van der Waals surface area contributed by atoms with E-state index in [1.807, 2.05) is 45.0 Å². The van der Waals surface area contributed by atoms with E-state index in [4.69, 9.17) is 0 Å². The van der Waals surface area contributed by atoms with E-state index in [1.165, 1.54) is 30.3 Å². The first-order valence-corrected chi connectivity index (χ1v) is 43.0. The van der Waals surface area contributed by atoms with Crippen LogP contribution in [0.1, 0.15) is 44.5 Å². The van der Waals surface area contributed by atoms with Gasteiger partial charge < -0.3 is 28.4 Å². The molecule has 0 bridgehead atoms. The van der Waals surface area contributed by atoms with Crippen LogP contribution in [0.4, 0.5) is 149 Å². The Bertz CT molecular complexity index is 8170. The Morgan fingerprint density at radius 1 is 0.160 bits per heavy atom. The summed E-state index contributed by atoms with van der Waals surface area (Å²) in [5.74, 6) is -38.0. The average Bonchev–Trinajstić information content (AvgIpc) is 0.774. The Kier molecular flexibility index (Phi) is 30.1. The highest BCUT2D eigenvalue weighted by molar-refractivity contribution is 5.89. The van der Waals surface area contributed by atoms with Gasteiger partial charge in [0, 0.05) is 32.7 Å². The number of fused-ring (bicyclic) bond motifs is 4. The van der Waals surface area contributed by atoms with Gasteiger partial charge in [-0.2, -0.15) is 35.1 Å². The maximum atomic E-state index is 15.0. The quantitative estimate of drug-likeness (QED) is 0.0560. The average molecular weight is 2120 g/mol. The molecule has 0 N–H and O–H groups in total. The fourth-order valence-electron chi connectivity index (χ4n) is 15.5. The molecule has 0 saturated heterocycles. The van der Waals surface area contributed by atoms with Gasteiger partial charge in [-0.15, -0.1) is 26.3 Å². The molecule has 0 aliphatic heterocycles. The standard InChI is InChI=1S/C31H16F10O2.C30H16F8O.C25H13F9O2.C24H13F7O/c1-15-2-4-16(5-3-15)17-6-8-21(23(32)11-17)19-12-24(33)27(25(34)13-19)30(37,38)42-20-7-9-22-18(10-20)14-26(35)29(28(22)36)43-31(39,40)41;1-15-2-4-16(5-3-15)17-6-8-21(23(31)11-17)19-12-24(32)27(25(33)13-19)30(37,38)39-20-7-9-22-18(10-20)14-26(34)29(36)28(22)35;1-12-2-4-13(5-3-12)14-9-18(26)21(19(27)10-14)24(30,31)35-16-6-7-17-15(8-16)11-20(28)23(22(17)29)36-25(32,33)34;1-12-2-4-13(5-3-12)14-9-18(25)21(19(26)10-14)24(30,31)32-16-6-7-17-15(8-16)11-20(27)23(29)22(17)28/h2-14H,1H3;2-14H,1H3;2-11H,1H3;2-11H,1H3. The van der Waals surface area contributed by atoms with Crippen molar-refractivity contribution in [2.75, 3.05) is 0 Å². The number of alkyl halides is 14. The minimum Gasteiger partial charge on any atom is -0.429 e. The van der Waals surface area contributed by atoms with Gasteiger partial charge in [0.05, 0.1) is 0 Å². The summed E-state index contributed by atoms with van der Waals surface area (Å²) in [5.41, 5.74) is -1.12. The molecule has 0 aliphatic carbocycles. The van der Waals surface area contributed by atoms with Gasteiger partial charge in [-0.3, -0.25) is 0 Å². The van der Waals surface area contributed by atoms with Crippen LogP contribution in [0.2, 0.25) is 0 Å². The van der Waals surface area contributed by atoms with Crippen LogP contribution in [-0.4, -0.2) is 12.7 Å². The van der Waals surface area contributed by atoms with E-state index in [1.54, 1.807) is 79.7 Å². The first-order chi connectivity index (χ1) is 70.4. The molecule has 18 aromatic rings. The number of hydrogen-bond acceptors (Lipinski definition) is 6. The Labute approximate surface area is 823 Å². The summed E-state index contributed by atoms with van der Waals surface area (Å²) in [6.45, 7) is 7.37. The van der Waals surface area contributed by atoms with E-state index in [-0.39, 0.29) is 49.5 Å². The van der Waals surface area contributed by atoms with Crippen molar-refractivity contribution in [3.63, 3.8) is 0 Å². The van der Waals surface area contributed by atoms with Crippen molar-refractivity contribution >= 4 is 43.1 Å². The molecule has 0 aromatic heterocycles. The summed E-state index contributed by atoms with van der Waals surface area (Å²) < 4.78 is 504. The van der Waals surface area contributed by atoms with E-state index in [0.717, 1.165) is 82.9 Å². The van der Waals surface area contributed by atoms with Gasteiger partial charge in [0.25, 0.3) is 0 Å². The molecule has 0 radical (unpaired) electrons. The van der Waals surface area contributed by atoms with Crippen molar-refractivity contribution in [1.29, 1.82) is 0 Å². The first-order valence-electron chi connectivity index (χ1n) is 43.0. The first kappa shape index (κ1) is 108. The third-order valence-corrected chi connectivity index (χ3v) is 22.7. The summed E-state index contributed by atoms with van der Waals surface area (Å²) in [7, 11) is 0. The minimum atomic E-state index is -5.42. The number of rotatable bonds is 20. The van der Waals surface area contributed by atoms with Crippen LogP contribution in [-0.2, 0) is 24.4 Å². The predicted octanol–water partition coefficient (Wildman–Crippen LogP) is 35.7. The van der Waals surface area contributed by atoms with E-state index in [2.05, 4.69) is 28.4 Å². The van der Waals surface area contributed by atoms with E-state index in [9.17, 15) is 149 Å². The van der Waals surface area contributed by atoms with E-state index in [0.29, 0.717) is 124 Å². The van der Waals surface area contributed by atoms with Crippen molar-refractivity contribution in [2.45, 2.75) is 64.9 Å². The number of ether oxygens (including phenoxy) is 6. The van der Waals surface area contributed by atoms with Crippen LogP contribution >= 0.6 is 0 Å². The van der Waals surface area contributed by atoms with Gasteiger partial charge in [-0.05, 0) is 263 Å². The SMILES string of the molecule is Cc1ccc(-c2cc(F)c(C(F)(F)Oc3ccc4c(F)c(F)c(F)cc4c3)c(F)c2)cc1.Cc1ccc(-c2cc(F)c(C(F)(F)Oc3ccc4c(F)c(OC(F)(F)F)c(F)cc4c3)c(F)c2)cc1.Cc1ccc(-c2ccc(-c3cc(F)c(C(F)(F)Oc4ccc5c(F)c(F)c(F)cc5c4)c(F)c3)c(F)c2)cc1.Cc1ccc(-c2ccc(-c3cc(F)c(C(F)(F)Oc4ccc5c(F)c(OC(F)(F)F)c(F)cc5c4)c(F)c3)c(F)c2)cc1. The summed E-state index contributed by atoms with van der Waals surface area (Å²) in [5, 5.41) is -3.62. The Morgan fingerprint density at radius 2 is 0.360 bits per heavy atom. The normalized spacial score (nSPS) is 11.9. The molecule has 18 aromatic carbocycles. The van der Waals surface area contributed by atoms with Crippen LogP contribution in [0.25, 0.3) is 110 Å². The number of benzene rings is 18. The lowest BCUT2D eigenvalue weighted by molar-refractivity contribution is -0.277. The summed E-state index contributed by atoms with van der Waals surface area (Å²) in [4.78, 5) is 0. The lowest BCUT2D eigenvalue weighted by Gasteiger charge is -2.20. The van der Waals surface area contributed by atoms with Crippen LogP contribution in [0.5, 0.6) is 34.5 Å². The Morgan fingerprint density at radius 3 is 0.587 bits per heavy atom. The molecular weight excluding hydrogens is 2060 g/mol. The molecule has 0 saturated carbocycles. The molecule has 40 heteroatoms. The van der Waals surface area contributed by atoms with Crippen molar-refractivity contribution in [2.24, 2.45) is 0 Å². The minimum absolute atomic E-state index is 0.00177. The predicted molar refractivity (Wildman–Crippen MR) is 484 cm³/mol. The monoisotopic (exact) mass is 2120 g/mol. The van der Waals surface area contributed by atoms with E-state index >= 15 is 0 Å². The van der Waals surface area contributed by atoms with Crippen molar-refractivity contribution in [3.05, 3.63) is 440 Å². The highest BCUT2D eigenvalue weighted by atomic mass is 19.4. The molecule has 150 heavy (non-hydrogen) atoms. The molecule has 0 fully saturated rings. The van der Waals surface area contributed by atoms with Crippen LogP contribution in [0, 0.1) is 144 Å². The van der Waals surface area contributed by atoms with Gasteiger partial charge in [0.15, 0.2) is 58.2 Å². The molecule has 0 aliphatic rings. The molecular formula is C110H58F34O6. The molecule has 0 atom stereocenters. The summed E-state index contributed by atoms with van der Waals surface area (Å²) in [6, 6.07) is 51.3. The second-order valence-electron chi connectivity index (χ2n) is 33.2. The number of halogens is 34. The molecule has 6 nitrogen and oxygen atoms in total. The fraction of sp³-hybridized carbons (Fsp3) is 0.0909. The maximum absolute atomic E-state index is 15.0. The smallest absolute Gasteiger partial charge is 0.429 e. The van der Waals surface area contributed by atoms with Crippen LogP contribution < -0.4 is 28.4 Å². The Balaban J connectivity index is 0.000000150. The highest BCUT2D eigenvalue weighted by Crippen LogP contribution is 2.48. The lowest BCUT2D eigenvalue weighted by atomic mass is 9.98. The number of hydrogen-bond donors (Lipinski definition) is 0. The second-order valence-corrected chi connectivity index (χ2v) is 33.2. The Hall–Kier alpha value is -16.6. The zero-order valence-corrected chi connectivity index (χ0v) is 75.9. The van der Waals surface area contributed by atoms with Gasteiger partial charge in [0.2, 0.25) is 11.5 Å². The molecule has 772 valence electrons. The molecule has 0 spiro atoms. The second kappa shape index (κ2) is 42.0. The number of aryl methyl sites for hydroxylation is 4. The zero-order chi connectivity index (χ0) is 109. The van der Waals surface area contributed by atoms with Crippen LogP contribution in [0.15, 0.2) is 279 Å². The molecule has 0 unspecified atom stereocenters. The third-order valence-electron chi connectivity index (χ3n) is 22.7. The molecule has 0 amide bonds. The zero-order valence-electron chi connectivity index (χ0n) is 75.9. The molecule has 0 heterocycles. The highest BCUT2D eigenvalue weighted by Gasteiger charge is 2.47. The third kappa shape index (κ3) is 23.7. The van der Waals surface area contributed by atoms with Crippen LogP contribution in [0.3, 0.4) is 0 Å². The maximum Gasteiger partial charge on any atom is 0.573 e. The van der Waals surface area contributed by atoms with E-state index < -0.39 is 237 Å². The lowest BCUT2D eigenvalue weighted by Crippen LogP contribution is -2.25. The topological polar surface area (TPSA) is 55.4 Å². The summed E-state index contributed by atoms with van der Waals surface area (Å²) >= 11 is 0. The van der Waals surface area contributed by atoms with Gasteiger partial charge in [-0.1, -0.05) is 144 Å². The van der Waals surface area contributed by atoms with Gasteiger partial charge in [-0.25, -0.2) is 87.8 Å². The summed E-state index contributed by atoms with van der Waals surface area (Å²) in [6.07, 6.45) is -29.1.